The van der Waals surface area contributed by atoms with Crippen LogP contribution in [0.25, 0.3) is 0 Å². The van der Waals surface area contributed by atoms with Crippen molar-refractivity contribution in [3.63, 3.8) is 0 Å². The number of aryl methyl sites for hydroxylation is 1. The third kappa shape index (κ3) is 3.53. The summed E-state index contributed by atoms with van der Waals surface area (Å²) in [6.45, 7) is 2.49. The predicted molar refractivity (Wildman–Crippen MR) is 107 cm³/mol. The molecule has 0 unspecified atom stereocenters. The summed E-state index contributed by atoms with van der Waals surface area (Å²) in [6, 6.07) is 7.34. The van der Waals surface area contributed by atoms with Crippen LogP contribution < -0.4 is 10.6 Å². The van der Waals surface area contributed by atoms with Crippen LogP contribution in [-0.4, -0.2) is 34.6 Å². The molecular weight excluding hydrogens is 359 g/mol. The molecule has 0 saturated carbocycles. The van der Waals surface area contributed by atoms with Crippen LogP contribution in [0, 0.1) is 5.95 Å². The molecule has 0 spiro atoms. The quantitative estimate of drug-likeness (QED) is 0.589. The predicted octanol–water partition coefficient (Wildman–Crippen LogP) is 3.62. The van der Waals surface area contributed by atoms with Gasteiger partial charge in [-0.25, -0.2) is 9.98 Å². The minimum Gasteiger partial charge on any atom is -0.481 e. The van der Waals surface area contributed by atoms with Crippen molar-refractivity contribution in [1.82, 2.24) is 15.0 Å². The van der Waals surface area contributed by atoms with Gasteiger partial charge >= 0.3 is 0 Å². The Bertz CT molecular complexity index is 1010. The molecule has 0 aliphatic carbocycles. The summed E-state index contributed by atoms with van der Waals surface area (Å²) >= 11 is 0. The Hall–Kier alpha value is -3.42. The molecule has 0 fully saturated rings. The third-order valence-electron chi connectivity index (χ3n) is 4.61. The van der Waals surface area contributed by atoms with Gasteiger partial charge in [0.05, 0.1) is 24.6 Å². The fourth-order valence-electron chi connectivity index (χ4n) is 3.15. The molecule has 3 aromatic heterocycles. The number of ether oxygens (including phenoxy) is 1. The molecule has 4 heterocycles. The molecule has 7 nitrogen and oxygen atoms in total. The minimum absolute atomic E-state index is 0.377. The third-order valence-corrected chi connectivity index (χ3v) is 4.61. The molecule has 0 radical (unpaired) electrons. The van der Waals surface area contributed by atoms with E-state index in [1.165, 1.54) is 0 Å². The molecular formula is C20H21FN6O. The molecule has 0 saturated heterocycles. The van der Waals surface area contributed by atoms with Crippen LogP contribution in [-0.2, 0) is 17.6 Å². The zero-order valence-electron chi connectivity index (χ0n) is 15.7. The lowest BCUT2D eigenvalue weighted by Crippen LogP contribution is -2.17. The zero-order valence-corrected chi connectivity index (χ0v) is 15.7. The van der Waals surface area contributed by atoms with Crippen molar-refractivity contribution in [2.75, 3.05) is 24.4 Å². The second kappa shape index (κ2) is 7.67. The summed E-state index contributed by atoms with van der Waals surface area (Å²) in [4.78, 5) is 15.8. The number of hydrogen-bond donors (Lipinski definition) is 3. The first-order valence-electron chi connectivity index (χ1n) is 9.08. The van der Waals surface area contributed by atoms with Gasteiger partial charge in [0.15, 0.2) is 0 Å². The van der Waals surface area contributed by atoms with Crippen molar-refractivity contribution in [2.24, 2.45) is 4.99 Å². The van der Waals surface area contributed by atoms with Crippen molar-refractivity contribution in [2.45, 2.75) is 19.8 Å². The lowest BCUT2D eigenvalue weighted by atomic mass is 10.0. The Morgan fingerprint density at radius 1 is 1.21 bits per heavy atom. The van der Waals surface area contributed by atoms with Gasteiger partial charge in [-0.3, -0.25) is 4.98 Å². The van der Waals surface area contributed by atoms with Crippen LogP contribution in [0.3, 0.4) is 0 Å². The Morgan fingerprint density at radius 2 is 2.11 bits per heavy atom. The Morgan fingerprint density at radius 3 is 2.82 bits per heavy atom. The molecule has 3 aromatic rings. The maximum atomic E-state index is 14.6. The minimum atomic E-state index is -0.516. The van der Waals surface area contributed by atoms with E-state index in [1.807, 2.05) is 25.3 Å². The Kier molecular flexibility index (Phi) is 4.92. The number of aliphatic imine (C=N–C) groups is 1. The van der Waals surface area contributed by atoms with Gasteiger partial charge in [0.1, 0.15) is 18.3 Å². The van der Waals surface area contributed by atoms with Crippen molar-refractivity contribution >= 4 is 23.2 Å². The SMILES string of the molecule is CCc1ccc(Nc2ccc(Cc3c[nH]c4c3C(OC)=NCN4)c(F)n2)cn1. The summed E-state index contributed by atoms with van der Waals surface area (Å²) in [5, 5.41) is 6.22. The second-order valence-electron chi connectivity index (χ2n) is 6.41. The molecule has 4 rings (SSSR count). The van der Waals surface area contributed by atoms with Crippen LogP contribution >= 0.6 is 0 Å². The number of rotatable bonds is 5. The van der Waals surface area contributed by atoms with Gasteiger partial charge in [0.25, 0.3) is 0 Å². The first kappa shape index (κ1) is 18.0. The highest BCUT2D eigenvalue weighted by molar-refractivity contribution is 6.01. The van der Waals surface area contributed by atoms with E-state index in [2.05, 4.69) is 30.6 Å². The average molecular weight is 380 g/mol. The maximum Gasteiger partial charge on any atom is 0.221 e. The van der Waals surface area contributed by atoms with Crippen LogP contribution in [0.4, 0.5) is 21.7 Å². The Balaban J connectivity index is 1.53. The maximum absolute atomic E-state index is 14.6. The average Bonchev–Trinajstić information content (AvgIpc) is 3.13. The van der Waals surface area contributed by atoms with Crippen LogP contribution in [0.5, 0.6) is 0 Å². The first-order valence-corrected chi connectivity index (χ1v) is 9.08. The van der Waals surface area contributed by atoms with E-state index in [0.29, 0.717) is 30.4 Å². The topological polar surface area (TPSA) is 87.2 Å². The van der Waals surface area contributed by atoms with Gasteiger partial charge in [-0.05, 0) is 30.2 Å². The summed E-state index contributed by atoms with van der Waals surface area (Å²) in [5.74, 6) is 1.29. The van der Waals surface area contributed by atoms with Gasteiger partial charge in [0.2, 0.25) is 11.8 Å². The van der Waals surface area contributed by atoms with Gasteiger partial charge in [-0.15, -0.1) is 0 Å². The van der Waals surface area contributed by atoms with Crippen molar-refractivity contribution < 1.29 is 9.13 Å². The van der Waals surface area contributed by atoms with Crippen LogP contribution in [0.2, 0.25) is 0 Å². The van der Waals surface area contributed by atoms with Crippen molar-refractivity contribution in [1.29, 1.82) is 0 Å². The van der Waals surface area contributed by atoms with Crippen LogP contribution in [0.1, 0.15) is 29.3 Å². The van der Waals surface area contributed by atoms with Gasteiger partial charge in [-0.1, -0.05) is 13.0 Å². The monoisotopic (exact) mass is 380 g/mol. The molecule has 28 heavy (non-hydrogen) atoms. The number of anilines is 3. The fourth-order valence-corrected chi connectivity index (χ4v) is 3.15. The molecule has 1 aliphatic heterocycles. The summed E-state index contributed by atoms with van der Waals surface area (Å²) < 4.78 is 20.0. The van der Waals surface area contributed by atoms with E-state index in [-0.39, 0.29) is 0 Å². The summed E-state index contributed by atoms with van der Waals surface area (Å²) in [7, 11) is 1.58. The standard InChI is InChI=1S/C20H21FN6O/c1-3-14-5-6-15(10-22-14)26-16-7-4-12(18(21)27-16)8-13-9-23-19-17(13)20(28-2)25-11-24-19/h4-7,9-10,23-24H,3,8,11H2,1-2H3,(H,26,27). The molecule has 0 atom stereocenters. The lowest BCUT2D eigenvalue weighted by molar-refractivity contribution is 0.402. The largest absolute Gasteiger partial charge is 0.481 e. The Labute approximate surface area is 162 Å². The molecule has 3 N–H and O–H groups in total. The van der Waals surface area contributed by atoms with Crippen molar-refractivity contribution in [3.05, 3.63) is 65.0 Å². The van der Waals surface area contributed by atoms with Crippen molar-refractivity contribution in [3.8, 4) is 0 Å². The van der Waals surface area contributed by atoms with E-state index in [1.54, 1.807) is 25.4 Å². The van der Waals surface area contributed by atoms with E-state index >= 15 is 0 Å². The number of halogens is 1. The van der Waals surface area contributed by atoms with E-state index in [4.69, 9.17) is 4.74 Å². The van der Waals surface area contributed by atoms with E-state index in [9.17, 15) is 4.39 Å². The number of methoxy groups -OCH3 is 1. The molecule has 0 bridgehead atoms. The fraction of sp³-hybridized carbons (Fsp3) is 0.250. The number of hydrogen-bond acceptors (Lipinski definition) is 6. The van der Waals surface area contributed by atoms with Gasteiger partial charge in [0, 0.05) is 23.9 Å². The molecule has 0 amide bonds. The molecule has 1 aliphatic rings. The van der Waals surface area contributed by atoms with Crippen LogP contribution in [0.15, 0.2) is 41.7 Å². The number of aromatic amines is 1. The van der Waals surface area contributed by atoms with Gasteiger partial charge < -0.3 is 20.4 Å². The number of fused-ring (bicyclic) bond motifs is 1. The number of nitrogens with one attached hydrogen (secondary N) is 3. The highest BCUT2D eigenvalue weighted by atomic mass is 19.1. The highest BCUT2D eigenvalue weighted by Gasteiger charge is 2.21. The van der Waals surface area contributed by atoms with Gasteiger partial charge in [-0.2, -0.15) is 4.39 Å². The van der Waals surface area contributed by atoms with E-state index in [0.717, 1.165) is 34.7 Å². The highest BCUT2D eigenvalue weighted by Crippen LogP contribution is 2.26. The second-order valence-corrected chi connectivity index (χ2v) is 6.41. The summed E-state index contributed by atoms with van der Waals surface area (Å²) in [6.07, 6.45) is 4.80. The molecule has 8 heteroatoms. The number of H-pyrrole nitrogens is 1. The smallest absolute Gasteiger partial charge is 0.221 e. The number of nitrogens with zero attached hydrogens (tertiary/aromatic N) is 3. The van der Waals surface area contributed by atoms with E-state index < -0.39 is 5.95 Å². The lowest BCUT2D eigenvalue weighted by Gasteiger charge is -2.15. The summed E-state index contributed by atoms with van der Waals surface area (Å²) in [5.41, 5.74) is 3.99. The number of pyridine rings is 2. The normalized spacial score (nSPS) is 12.8. The molecule has 0 aromatic carbocycles. The molecule has 144 valence electrons. The number of aromatic nitrogens is 3. The zero-order chi connectivity index (χ0) is 19.5. The first-order chi connectivity index (χ1) is 13.7.